The molecule has 1 fully saturated rings. The summed E-state index contributed by atoms with van der Waals surface area (Å²) in [5.74, 6) is 1.61. The van der Waals surface area contributed by atoms with Gasteiger partial charge in [-0.1, -0.05) is 26.7 Å². The van der Waals surface area contributed by atoms with Gasteiger partial charge in [0.05, 0.1) is 12.6 Å². The predicted molar refractivity (Wildman–Crippen MR) is 89.9 cm³/mol. The number of hydrogen-bond donors (Lipinski definition) is 2. The van der Waals surface area contributed by atoms with Crippen LogP contribution < -0.4 is 5.32 Å². The van der Waals surface area contributed by atoms with Crippen LogP contribution in [0.25, 0.3) is 0 Å². The van der Waals surface area contributed by atoms with Crippen molar-refractivity contribution in [3.63, 3.8) is 0 Å². The lowest BCUT2D eigenvalue weighted by Gasteiger charge is -2.31. The molecular weight excluding hydrogens is 292 g/mol. The maximum atomic E-state index is 12.2. The first kappa shape index (κ1) is 17.8. The van der Waals surface area contributed by atoms with Gasteiger partial charge < -0.3 is 19.9 Å². The van der Waals surface area contributed by atoms with Crippen LogP contribution in [0.15, 0.2) is 12.4 Å². The van der Waals surface area contributed by atoms with E-state index in [1.165, 1.54) is 0 Å². The molecule has 0 saturated heterocycles. The molecule has 2 atom stereocenters. The van der Waals surface area contributed by atoms with E-state index in [1.807, 2.05) is 6.20 Å². The molecule has 0 unspecified atom stereocenters. The Kier molecular flexibility index (Phi) is 6.45. The Labute approximate surface area is 138 Å². The number of rotatable bonds is 6. The number of aliphatic hydroxyl groups excluding tert-OH is 1. The van der Waals surface area contributed by atoms with Gasteiger partial charge in [-0.2, -0.15) is 0 Å². The largest absolute Gasteiger partial charge is 0.393 e. The number of amides is 2. The Morgan fingerprint density at radius 1 is 1.48 bits per heavy atom. The first-order chi connectivity index (χ1) is 11.0. The van der Waals surface area contributed by atoms with Crippen molar-refractivity contribution in [2.45, 2.75) is 58.7 Å². The van der Waals surface area contributed by atoms with Crippen LogP contribution in [0.3, 0.4) is 0 Å². The van der Waals surface area contributed by atoms with Crippen LogP contribution in [0, 0.1) is 11.8 Å². The van der Waals surface area contributed by atoms with E-state index in [2.05, 4.69) is 28.7 Å². The van der Waals surface area contributed by atoms with Gasteiger partial charge >= 0.3 is 6.03 Å². The maximum absolute atomic E-state index is 12.2. The van der Waals surface area contributed by atoms with Crippen molar-refractivity contribution in [3.8, 4) is 0 Å². The molecule has 0 spiro atoms. The standard InChI is InChI=1S/C17H30N4O2/c1-13(2)11-21-9-8-18-16(21)10-19-17(23)20(3)12-14-6-4-5-7-15(14)22/h8-9,13-15,22H,4-7,10-12H2,1-3H3,(H,19,23)/t14-,15+/m1/s1. The van der Waals surface area contributed by atoms with Gasteiger partial charge in [0.25, 0.3) is 0 Å². The topological polar surface area (TPSA) is 70.4 Å². The Morgan fingerprint density at radius 2 is 2.22 bits per heavy atom. The molecule has 2 amide bonds. The number of nitrogens with one attached hydrogen (secondary N) is 1. The van der Waals surface area contributed by atoms with E-state index in [1.54, 1.807) is 18.1 Å². The van der Waals surface area contributed by atoms with E-state index < -0.39 is 0 Å². The minimum absolute atomic E-state index is 0.109. The highest BCUT2D eigenvalue weighted by molar-refractivity contribution is 5.73. The molecule has 0 aromatic carbocycles. The number of carbonyl (C=O) groups excluding carboxylic acids is 1. The molecular formula is C17H30N4O2. The van der Waals surface area contributed by atoms with Gasteiger partial charge in [0, 0.05) is 38.4 Å². The number of aliphatic hydroxyl groups is 1. The minimum atomic E-state index is -0.274. The van der Waals surface area contributed by atoms with Gasteiger partial charge in [0.2, 0.25) is 0 Å². The number of hydrogen-bond acceptors (Lipinski definition) is 3. The third-order valence-electron chi connectivity index (χ3n) is 4.49. The lowest BCUT2D eigenvalue weighted by Crippen LogP contribution is -2.43. The fraction of sp³-hybridized carbons (Fsp3) is 0.765. The summed E-state index contributed by atoms with van der Waals surface area (Å²) in [7, 11) is 1.79. The first-order valence-corrected chi connectivity index (χ1v) is 8.64. The molecule has 1 aliphatic rings. The predicted octanol–water partition coefficient (Wildman–Crippen LogP) is 2.23. The van der Waals surface area contributed by atoms with Crippen molar-refractivity contribution in [2.75, 3.05) is 13.6 Å². The van der Waals surface area contributed by atoms with E-state index in [9.17, 15) is 9.90 Å². The van der Waals surface area contributed by atoms with Crippen molar-refractivity contribution < 1.29 is 9.90 Å². The van der Waals surface area contributed by atoms with Gasteiger partial charge in [-0.15, -0.1) is 0 Å². The van der Waals surface area contributed by atoms with Crippen LogP contribution >= 0.6 is 0 Å². The molecule has 23 heavy (non-hydrogen) atoms. The second kappa shape index (κ2) is 8.34. The van der Waals surface area contributed by atoms with Crippen molar-refractivity contribution >= 4 is 6.03 Å². The highest BCUT2D eigenvalue weighted by atomic mass is 16.3. The molecule has 0 bridgehead atoms. The van der Waals surface area contributed by atoms with E-state index in [-0.39, 0.29) is 18.1 Å². The van der Waals surface area contributed by atoms with Crippen molar-refractivity contribution in [1.29, 1.82) is 0 Å². The summed E-state index contributed by atoms with van der Waals surface area (Å²) < 4.78 is 2.08. The van der Waals surface area contributed by atoms with E-state index in [0.717, 1.165) is 38.1 Å². The monoisotopic (exact) mass is 322 g/mol. The van der Waals surface area contributed by atoms with Crippen LogP contribution in [0.1, 0.15) is 45.4 Å². The average molecular weight is 322 g/mol. The number of aromatic nitrogens is 2. The summed E-state index contributed by atoms with van der Waals surface area (Å²) in [6.45, 7) is 6.25. The lowest BCUT2D eigenvalue weighted by atomic mass is 9.86. The van der Waals surface area contributed by atoms with E-state index in [0.29, 0.717) is 19.0 Å². The highest BCUT2D eigenvalue weighted by Gasteiger charge is 2.25. The highest BCUT2D eigenvalue weighted by Crippen LogP contribution is 2.24. The number of urea groups is 1. The van der Waals surface area contributed by atoms with Gasteiger partial charge in [-0.25, -0.2) is 9.78 Å². The SMILES string of the molecule is CC(C)Cn1ccnc1CNC(=O)N(C)C[C@H]1CCCC[C@@H]1O. The Bertz CT molecular complexity index is 501. The van der Waals surface area contributed by atoms with E-state index in [4.69, 9.17) is 0 Å². The number of nitrogens with zero attached hydrogens (tertiary/aromatic N) is 3. The van der Waals surface area contributed by atoms with Crippen LogP contribution in [0.4, 0.5) is 4.79 Å². The minimum Gasteiger partial charge on any atom is -0.393 e. The second-order valence-corrected chi connectivity index (χ2v) is 7.04. The molecule has 1 aromatic rings. The molecule has 1 heterocycles. The molecule has 0 radical (unpaired) electrons. The summed E-state index contributed by atoms with van der Waals surface area (Å²) in [5, 5.41) is 13.0. The smallest absolute Gasteiger partial charge is 0.317 e. The first-order valence-electron chi connectivity index (χ1n) is 8.64. The molecule has 2 rings (SSSR count). The number of carbonyl (C=O) groups is 1. The van der Waals surface area contributed by atoms with Gasteiger partial charge in [0.15, 0.2) is 0 Å². The van der Waals surface area contributed by atoms with Crippen molar-refractivity contribution in [1.82, 2.24) is 19.8 Å². The normalized spacial score (nSPS) is 21.4. The molecule has 0 aliphatic heterocycles. The Morgan fingerprint density at radius 3 is 2.91 bits per heavy atom. The Balaban J connectivity index is 1.81. The number of imidazole rings is 1. The van der Waals surface area contributed by atoms with Crippen LogP contribution in [0.2, 0.25) is 0 Å². The van der Waals surface area contributed by atoms with Crippen molar-refractivity contribution in [3.05, 3.63) is 18.2 Å². The summed E-state index contributed by atoms with van der Waals surface area (Å²) in [6, 6.07) is -0.109. The summed E-state index contributed by atoms with van der Waals surface area (Å²) in [5.41, 5.74) is 0. The quantitative estimate of drug-likeness (QED) is 0.844. The van der Waals surface area contributed by atoms with Gasteiger partial charge in [-0.05, 0) is 18.8 Å². The molecule has 1 aromatic heterocycles. The summed E-state index contributed by atoms with van der Waals surface area (Å²) >= 11 is 0. The zero-order valence-electron chi connectivity index (χ0n) is 14.5. The fourth-order valence-electron chi connectivity index (χ4n) is 3.19. The van der Waals surface area contributed by atoms with Crippen molar-refractivity contribution in [2.24, 2.45) is 11.8 Å². The third kappa shape index (κ3) is 5.23. The second-order valence-electron chi connectivity index (χ2n) is 7.04. The maximum Gasteiger partial charge on any atom is 0.317 e. The Hall–Kier alpha value is -1.56. The summed E-state index contributed by atoms with van der Waals surface area (Å²) in [4.78, 5) is 18.2. The molecule has 6 nitrogen and oxygen atoms in total. The van der Waals surface area contributed by atoms with Crippen LogP contribution in [0.5, 0.6) is 0 Å². The summed E-state index contributed by atoms with van der Waals surface area (Å²) in [6.07, 6.45) is 7.53. The molecule has 2 N–H and O–H groups in total. The zero-order valence-corrected chi connectivity index (χ0v) is 14.5. The molecule has 1 aliphatic carbocycles. The van der Waals surface area contributed by atoms with E-state index >= 15 is 0 Å². The van der Waals surface area contributed by atoms with Crippen LogP contribution in [-0.4, -0.2) is 45.3 Å². The average Bonchev–Trinajstić information content (AvgIpc) is 2.93. The van der Waals surface area contributed by atoms with Crippen LogP contribution in [-0.2, 0) is 13.1 Å². The lowest BCUT2D eigenvalue weighted by molar-refractivity contribution is 0.0564. The molecule has 1 saturated carbocycles. The van der Waals surface area contributed by atoms with Gasteiger partial charge in [0.1, 0.15) is 5.82 Å². The third-order valence-corrected chi connectivity index (χ3v) is 4.49. The molecule has 130 valence electrons. The van der Waals surface area contributed by atoms with Gasteiger partial charge in [-0.3, -0.25) is 0 Å². The molecule has 6 heteroatoms. The fourth-order valence-corrected chi connectivity index (χ4v) is 3.19. The zero-order chi connectivity index (χ0) is 16.8.